The third kappa shape index (κ3) is 3.69. The molecule has 130 valence electrons. The van der Waals surface area contributed by atoms with Crippen LogP contribution < -0.4 is 10.0 Å². The molecule has 0 saturated heterocycles. The zero-order valence-corrected chi connectivity index (χ0v) is 14.2. The van der Waals surface area contributed by atoms with Crippen molar-refractivity contribution in [3.8, 4) is 0 Å². The molecule has 0 spiro atoms. The lowest BCUT2D eigenvalue weighted by atomic mass is 10.2. The fourth-order valence-electron chi connectivity index (χ4n) is 2.42. The summed E-state index contributed by atoms with van der Waals surface area (Å²) < 4.78 is 39.3. The first kappa shape index (κ1) is 17.1. The Bertz CT molecular complexity index is 940. The predicted molar refractivity (Wildman–Crippen MR) is 91.0 cm³/mol. The normalized spacial score (nSPS) is 17.6. The Morgan fingerprint density at radius 1 is 1.20 bits per heavy atom. The van der Waals surface area contributed by atoms with Gasteiger partial charge in [-0.15, -0.1) is 0 Å². The molecule has 3 rings (SSSR count). The molecule has 2 N–H and O–H groups in total. The Kier molecular flexibility index (Phi) is 4.54. The van der Waals surface area contributed by atoms with Gasteiger partial charge in [0.2, 0.25) is 5.91 Å². The van der Waals surface area contributed by atoms with Gasteiger partial charge in [-0.2, -0.15) is 0 Å². The summed E-state index contributed by atoms with van der Waals surface area (Å²) in [5.74, 6) is -0.553. The molecular formula is C17H16FN3O3S. The number of sulfonamides is 1. The van der Waals surface area contributed by atoms with E-state index < -0.39 is 16.1 Å². The predicted octanol–water partition coefficient (Wildman–Crippen LogP) is 1.57. The molecule has 0 unspecified atom stereocenters. The second kappa shape index (κ2) is 6.64. The zero-order valence-electron chi connectivity index (χ0n) is 13.4. The smallest absolute Gasteiger partial charge is 0.263 e. The molecule has 0 radical (unpaired) electrons. The average Bonchev–Trinajstić information content (AvgIpc) is 2.85. The highest BCUT2D eigenvalue weighted by molar-refractivity contribution is 7.90. The number of amidine groups is 1. The van der Waals surface area contributed by atoms with Crippen LogP contribution in [0.15, 0.2) is 58.4 Å². The number of hydrogen-bond acceptors (Lipinski definition) is 4. The van der Waals surface area contributed by atoms with Crippen LogP contribution in [0, 0.1) is 5.82 Å². The molecule has 0 aliphatic carbocycles. The van der Waals surface area contributed by atoms with Crippen LogP contribution in [0.25, 0.3) is 0 Å². The number of hydrogen-bond donors (Lipinski definition) is 2. The van der Waals surface area contributed by atoms with Gasteiger partial charge < -0.3 is 5.32 Å². The topological polar surface area (TPSA) is 87.6 Å². The monoisotopic (exact) mass is 361 g/mol. The number of carbonyl (C=O) groups excluding carboxylic acids is 1. The molecule has 1 aliphatic rings. The molecular weight excluding hydrogens is 345 g/mol. The van der Waals surface area contributed by atoms with Crippen LogP contribution in [0.4, 0.5) is 4.39 Å². The minimum atomic E-state index is -3.63. The van der Waals surface area contributed by atoms with Crippen molar-refractivity contribution in [3.63, 3.8) is 0 Å². The van der Waals surface area contributed by atoms with Crippen LogP contribution in [-0.2, 0) is 21.4 Å². The fraction of sp³-hybridized carbons (Fsp3) is 0.176. The summed E-state index contributed by atoms with van der Waals surface area (Å²) in [7, 11) is -3.63. The Morgan fingerprint density at radius 3 is 2.60 bits per heavy atom. The van der Waals surface area contributed by atoms with Gasteiger partial charge in [-0.25, -0.2) is 12.8 Å². The highest BCUT2D eigenvalue weighted by Crippen LogP contribution is 2.22. The van der Waals surface area contributed by atoms with E-state index in [-0.39, 0.29) is 29.0 Å². The van der Waals surface area contributed by atoms with Gasteiger partial charge in [0.25, 0.3) is 10.0 Å². The van der Waals surface area contributed by atoms with Crippen LogP contribution in [0.2, 0.25) is 0 Å². The van der Waals surface area contributed by atoms with Crippen molar-refractivity contribution in [2.75, 3.05) is 0 Å². The minimum absolute atomic E-state index is 0.146. The third-order valence-electron chi connectivity index (χ3n) is 3.74. The van der Waals surface area contributed by atoms with E-state index in [1.54, 1.807) is 37.3 Å². The summed E-state index contributed by atoms with van der Waals surface area (Å²) in [5.41, 5.74) is 1.20. The molecule has 1 heterocycles. The molecule has 6 nitrogen and oxygen atoms in total. The van der Waals surface area contributed by atoms with Crippen molar-refractivity contribution >= 4 is 21.8 Å². The van der Waals surface area contributed by atoms with Gasteiger partial charge in [-0.1, -0.05) is 24.3 Å². The maximum absolute atomic E-state index is 12.9. The lowest BCUT2D eigenvalue weighted by molar-refractivity contribution is -0.122. The Balaban J connectivity index is 1.71. The summed E-state index contributed by atoms with van der Waals surface area (Å²) in [6.07, 6.45) is 0. The average molecular weight is 361 g/mol. The molecule has 0 bridgehead atoms. The number of rotatable bonds is 4. The molecule has 1 atom stereocenters. The Morgan fingerprint density at radius 2 is 1.88 bits per heavy atom. The van der Waals surface area contributed by atoms with Crippen LogP contribution >= 0.6 is 0 Å². The summed E-state index contributed by atoms with van der Waals surface area (Å²) >= 11 is 0. The maximum atomic E-state index is 12.9. The molecule has 8 heteroatoms. The number of aliphatic imine (C=N–C) groups is 1. The lowest BCUT2D eigenvalue weighted by Gasteiger charge is -2.10. The number of fused-ring (bicyclic) bond motifs is 1. The lowest BCUT2D eigenvalue weighted by Crippen LogP contribution is -2.33. The second-order valence-corrected chi connectivity index (χ2v) is 7.25. The van der Waals surface area contributed by atoms with E-state index in [1.807, 2.05) is 0 Å². The van der Waals surface area contributed by atoms with Crippen LogP contribution in [-0.4, -0.2) is 26.2 Å². The van der Waals surface area contributed by atoms with Gasteiger partial charge in [-0.05, 0) is 36.8 Å². The molecule has 1 amide bonds. The highest BCUT2D eigenvalue weighted by atomic mass is 32.2. The Labute approximate surface area is 144 Å². The highest BCUT2D eigenvalue weighted by Gasteiger charge is 2.31. The van der Waals surface area contributed by atoms with E-state index in [9.17, 15) is 17.6 Å². The van der Waals surface area contributed by atoms with Crippen LogP contribution in [0.3, 0.4) is 0 Å². The number of nitrogens with one attached hydrogen (secondary N) is 2. The van der Waals surface area contributed by atoms with Gasteiger partial charge in [0.05, 0.1) is 4.90 Å². The quantitative estimate of drug-likeness (QED) is 0.866. The number of halogens is 1. The van der Waals surface area contributed by atoms with E-state index in [1.165, 1.54) is 18.2 Å². The van der Waals surface area contributed by atoms with Gasteiger partial charge in [0.15, 0.2) is 0 Å². The fourth-order valence-corrected chi connectivity index (χ4v) is 3.66. The van der Waals surface area contributed by atoms with Gasteiger partial charge in [0, 0.05) is 12.1 Å². The van der Waals surface area contributed by atoms with Gasteiger partial charge in [-0.3, -0.25) is 14.5 Å². The van der Waals surface area contributed by atoms with E-state index in [2.05, 4.69) is 15.0 Å². The first-order chi connectivity index (χ1) is 11.9. The molecule has 25 heavy (non-hydrogen) atoms. The summed E-state index contributed by atoms with van der Waals surface area (Å²) in [6, 6.07) is 11.4. The molecule has 0 fully saturated rings. The SMILES string of the molecule is C[C@H](N=C1NS(=O)(=O)c2ccccc21)C(=O)NCc1ccc(F)cc1. The first-order valence-electron chi connectivity index (χ1n) is 7.59. The second-order valence-electron chi connectivity index (χ2n) is 5.60. The first-order valence-corrected chi connectivity index (χ1v) is 9.07. The van der Waals surface area contributed by atoms with Crippen molar-refractivity contribution in [3.05, 3.63) is 65.5 Å². The minimum Gasteiger partial charge on any atom is -0.350 e. The summed E-state index contributed by atoms with van der Waals surface area (Å²) in [6.45, 7) is 1.80. The van der Waals surface area contributed by atoms with Crippen LogP contribution in [0.5, 0.6) is 0 Å². The van der Waals surface area contributed by atoms with E-state index in [0.717, 1.165) is 5.56 Å². The number of nitrogens with zero attached hydrogens (tertiary/aromatic N) is 1. The van der Waals surface area contributed by atoms with E-state index >= 15 is 0 Å². The van der Waals surface area contributed by atoms with Crippen molar-refractivity contribution < 1.29 is 17.6 Å². The largest absolute Gasteiger partial charge is 0.350 e. The molecule has 0 saturated carbocycles. The van der Waals surface area contributed by atoms with Gasteiger partial charge in [0.1, 0.15) is 17.7 Å². The molecule has 2 aromatic rings. The third-order valence-corrected chi connectivity index (χ3v) is 5.14. The summed E-state index contributed by atoms with van der Waals surface area (Å²) in [4.78, 5) is 16.5. The zero-order chi connectivity index (χ0) is 18.0. The van der Waals surface area contributed by atoms with E-state index in [0.29, 0.717) is 5.56 Å². The van der Waals surface area contributed by atoms with Crippen LogP contribution in [0.1, 0.15) is 18.1 Å². The molecule has 1 aliphatic heterocycles. The van der Waals surface area contributed by atoms with E-state index in [4.69, 9.17) is 0 Å². The van der Waals surface area contributed by atoms with Gasteiger partial charge >= 0.3 is 0 Å². The van der Waals surface area contributed by atoms with Crippen molar-refractivity contribution in [2.24, 2.45) is 4.99 Å². The summed E-state index contributed by atoms with van der Waals surface area (Å²) in [5, 5.41) is 2.69. The number of benzene rings is 2. The number of amides is 1. The number of carbonyl (C=O) groups is 1. The van der Waals surface area contributed by atoms with Crippen molar-refractivity contribution in [1.82, 2.24) is 10.0 Å². The van der Waals surface area contributed by atoms with Crippen molar-refractivity contribution in [2.45, 2.75) is 24.4 Å². The molecule has 2 aromatic carbocycles. The van der Waals surface area contributed by atoms with Crippen molar-refractivity contribution in [1.29, 1.82) is 0 Å². The maximum Gasteiger partial charge on any atom is 0.263 e. The Hall–Kier alpha value is -2.74. The standard InChI is InChI=1S/C17H16FN3O3S/c1-11(17(22)19-10-12-6-8-13(18)9-7-12)20-16-14-4-2-3-5-15(14)25(23,24)21-16/h2-9,11H,10H2,1H3,(H,19,22)(H,20,21)/t11-/m0/s1. The molecule has 0 aromatic heterocycles.